The van der Waals surface area contributed by atoms with Gasteiger partial charge in [-0.2, -0.15) is 5.10 Å². The average Bonchev–Trinajstić information content (AvgIpc) is 3.14. The number of benzene rings is 1. The molecule has 1 aliphatic carbocycles. The van der Waals surface area contributed by atoms with E-state index in [-0.39, 0.29) is 17.9 Å². The number of nitrogens with one attached hydrogen (secondary N) is 1. The molecule has 1 N–H and O–H groups in total. The maximum Gasteiger partial charge on any atom is 0.223 e. The molecule has 1 amide bonds. The van der Waals surface area contributed by atoms with Gasteiger partial charge in [0.05, 0.1) is 11.7 Å². The van der Waals surface area contributed by atoms with Crippen molar-refractivity contribution in [2.24, 2.45) is 5.92 Å². The van der Waals surface area contributed by atoms with Crippen molar-refractivity contribution in [2.75, 3.05) is 0 Å². The summed E-state index contributed by atoms with van der Waals surface area (Å²) in [7, 11) is 0. The van der Waals surface area contributed by atoms with Crippen LogP contribution in [0.1, 0.15) is 31.4 Å². The van der Waals surface area contributed by atoms with Crippen LogP contribution >= 0.6 is 0 Å². The van der Waals surface area contributed by atoms with Crippen LogP contribution < -0.4 is 5.32 Å². The van der Waals surface area contributed by atoms with Crippen molar-refractivity contribution in [3.05, 3.63) is 48.3 Å². The Bertz CT molecular complexity index is 573. The van der Waals surface area contributed by atoms with Gasteiger partial charge in [0.25, 0.3) is 0 Å². The molecule has 1 aromatic carbocycles. The summed E-state index contributed by atoms with van der Waals surface area (Å²) in [5.74, 6) is 0.425. The summed E-state index contributed by atoms with van der Waals surface area (Å²) in [6.07, 6.45) is 5.73. The highest BCUT2D eigenvalue weighted by molar-refractivity contribution is 5.81. The van der Waals surface area contributed by atoms with Gasteiger partial charge in [-0.25, -0.2) is 4.68 Å². The molecule has 1 saturated carbocycles. The molecule has 0 bridgehead atoms. The van der Waals surface area contributed by atoms with E-state index in [1.54, 1.807) is 6.20 Å². The molecule has 0 aliphatic heterocycles. The van der Waals surface area contributed by atoms with E-state index in [2.05, 4.69) is 16.5 Å². The first-order chi connectivity index (χ1) is 9.24. The Hall–Kier alpha value is -2.10. The number of hydrogen-bond acceptors (Lipinski definition) is 2. The predicted octanol–water partition coefficient (Wildman–Crippen LogP) is 2.46. The zero-order chi connectivity index (χ0) is 13.2. The highest BCUT2D eigenvalue weighted by atomic mass is 16.2. The van der Waals surface area contributed by atoms with Gasteiger partial charge >= 0.3 is 0 Å². The van der Waals surface area contributed by atoms with E-state index in [4.69, 9.17) is 0 Å². The lowest BCUT2D eigenvalue weighted by atomic mass is 10.1. The highest BCUT2D eigenvalue weighted by Crippen LogP contribution is 2.29. The largest absolute Gasteiger partial charge is 0.349 e. The van der Waals surface area contributed by atoms with E-state index >= 15 is 0 Å². The summed E-state index contributed by atoms with van der Waals surface area (Å²) in [5, 5.41) is 7.28. The van der Waals surface area contributed by atoms with Crippen molar-refractivity contribution in [1.82, 2.24) is 15.1 Å². The molecular weight excluding hydrogens is 238 g/mol. The molecule has 19 heavy (non-hydrogen) atoms. The quantitative estimate of drug-likeness (QED) is 0.912. The van der Waals surface area contributed by atoms with Crippen molar-refractivity contribution in [3.63, 3.8) is 0 Å². The number of carbonyl (C=O) groups excluding carboxylic acids is 1. The molecule has 1 aliphatic rings. The standard InChI is InChI=1S/C15H17N3O/c1-11(17-15(19)12-6-7-12)13-4-2-5-14(10-13)18-9-3-8-16-18/h2-5,8-12H,6-7H2,1H3,(H,17,19)/t11-/m1/s1. The minimum absolute atomic E-state index is 0.0311. The van der Waals surface area contributed by atoms with Crippen LogP contribution in [0, 0.1) is 5.92 Å². The third kappa shape index (κ3) is 2.67. The fourth-order valence-corrected chi connectivity index (χ4v) is 2.12. The zero-order valence-corrected chi connectivity index (χ0v) is 10.9. The van der Waals surface area contributed by atoms with Crippen LogP contribution in [0.3, 0.4) is 0 Å². The lowest BCUT2D eigenvalue weighted by molar-refractivity contribution is -0.122. The summed E-state index contributed by atoms with van der Waals surface area (Å²) in [6.45, 7) is 2.02. The van der Waals surface area contributed by atoms with Crippen LogP contribution in [0.4, 0.5) is 0 Å². The highest BCUT2D eigenvalue weighted by Gasteiger charge is 2.30. The molecular formula is C15H17N3O. The first kappa shape index (κ1) is 12.0. The van der Waals surface area contributed by atoms with Crippen LogP contribution in [0.5, 0.6) is 0 Å². The van der Waals surface area contributed by atoms with Crippen molar-refractivity contribution in [2.45, 2.75) is 25.8 Å². The SMILES string of the molecule is C[C@@H](NC(=O)C1CC1)c1cccc(-n2cccn2)c1. The van der Waals surface area contributed by atoms with Crippen LogP contribution in [-0.4, -0.2) is 15.7 Å². The Labute approximate surface area is 112 Å². The van der Waals surface area contributed by atoms with Gasteiger partial charge in [-0.1, -0.05) is 12.1 Å². The van der Waals surface area contributed by atoms with Gasteiger partial charge in [0.15, 0.2) is 0 Å². The summed E-state index contributed by atoms with van der Waals surface area (Å²) < 4.78 is 1.82. The van der Waals surface area contributed by atoms with E-state index in [0.29, 0.717) is 0 Å². The molecule has 1 fully saturated rings. The van der Waals surface area contributed by atoms with E-state index in [1.807, 2.05) is 42.1 Å². The maximum absolute atomic E-state index is 11.8. The van der Waals surface area contributed by atoms with Gasteiger partial charge in [-0.05, 0) is 43.5 Å². The second-order valence-electron chi connectivity index (χ2n) is 5.05. The molecule has 1 aromatic heterocycles. The molecule has 0 unspecified atom stereocenters. The molecule has 1 heterocycles. The van der Waals surface area contributed by atoms with E-state index in [9.17, 15) is 4.79 Å². The van der Waals surface area contributed by atoms with E-state index in [0.717, 1.165) is 24.1 Å². The fraction of sp³-hybridized carbons (Fsp3) is 0.333. The lowest BCUT2D eigenvalue weighted by Gasteiger charge is -2.15. The molecule has 98 valence electrons. The van der Waals surface area contributed by atoms with Gasteiger partial charge in [0.1, 0.15) is 0 Å². The minimum Gasteiger partial charge on any atom is -0.349 e. The second kappa shape index (κ2) is 4.88. The number of hydrogen-bond donors (Lipinski definition) is 1. The molecule has 0 saturated heterocycles. The van der Waals surface area contributed by atoms with Crippen molar-refractivity contribution >= 4 is 5.91 Å². The monoisotopic (exact) mass is 255 g/mol. The van der Waals surface area contributed by atoms with E-state index in [1.165, 1.54) is 0 Å². The molecule has 0 spiro atoms. The number of nitrogens with zero attached hydrogens (tertiary/aromatic N) is 2. The number of aromatic nitrogens is 2. The molecule has 2 aromatic rings. The van der Waals surface area contributed by atoms with Crippen LogP contribution in [0.2, 0.25) is 0 Å². The Morgan fingerprint density at radius 1 is 1.42 bits per heavy atom. The normalized spacial score (nSPS) is 16.1. The van der Waals surface area contributed by atoms with Gasteiger partial charge in [0.2, 0.25) is 5.91 Å². The topological polar surface area (TPSA) is 46.9 Å². The molecule has 0 radical (unpaired) electrons. The summed E-state index contributed by atoms with van der Waals surface area (Å²) >= 11 is 0. The van der Waals surface area contributed by atoms with Gasteiger partial charge in [-0.15, -0.1) is 0 Å². The van der Waals surface area contributed by atoms with E-state index < -0.39 is 0 Å². The predicted molar refractivity (Wildman–Crippen MR) is 72.8 cm³/mol. The lowest BCUT2D eigenvalue weighted by Crippen LogP contribution is -2.27. The third-order valence-electron chi connectivity index (χ3n) is 3.45. The average molecular weight is 255 g/mol. The molecule has 3 rings (SSSR count). The second-order valence-corrected chi connectivity index (χ2v) is 5.05. The smallest absolute Gasteiger partial charge is 0.223 e. The summed E-state index contributed by atoms with van der Waals surface area (Å²) in [5.41, 5.74) is 2.11. The number of rotatable bonds is 4. The van der Waals surface area contributed by atoms with Crippen molar-refractivity contribution in [3.8, 4) is 5.69 Å². The van der Waals surface area contributed by atoms with Gasteiger partial charge < -0.3 is 5.32 Å². The maximum atomic E-state index is 11.8. The van der Waals surface area contributed by atoms with Crippen molar-refractivity contribution < 1.29 is 4.79 Å². The van der Waals surface area contributed by atoms with Crippen LogP contribution in [-0.2, 0) is 4.79 Å². The zero-order valence-electron chi connectivity index (χ0n) is 10.9. The van der Waals surface area contributed by atoms with Crippen molar-refractivity contribution in [1.29, 1.82) is 0 Å². The molecule has 4 heteroatoms. The van der Waals surface area contributed by atoms with Crippen LogP contribution in [0.25, 0.3) is 5.69 Å². The molecule has 1 atom stereocenters. The Morgan fingerprint density at radius 3 is 2.95 bits per heavy atom. The molecule has 4 nitrogen and oxygen atoms in total. The third-order valence-corrected chi connectivity index (χ3v) is 3.45. The van der Waals surface area contributed by atoms with Gasteiger partial charge in [-0.3, -0.25) is 4.79 Å². The summed E-state index contributed by atoms with van der Waals surface area (Å²) in [4.78, 5) is 11.8. The fourth-order valence-electron chi connectivity index (χ4n) is 2.12. The number of carbonyl (C=O) groups is 1. The Morgan fingerprint density at radius 2 is 2.26 bits per heavy atom. The summed E-state index contributed by atoms with van der Waals surface area (Å²) in [6, 6.07) is 10.0. The van der Waals surface area contributed by atoms with Crippen LogP contribution in [0.15, 0.2) is 42.7 Å². The Balaban J connectivity index is 1.76. The first-order valence-electron chi connectivity index (χ1n) is 6.64. The Kier molecular flexibility index (Phi) is 3.07. The van der Waals surface area contributed by atoms with Gasteiger partial charge in [0, 0.05) is 18.3 Å². The number of amides is 1. The first-order valence-corrected chi connectivity index (χ1v) is 6.64. The minimum atomic E-state index is 0.0311.